The minimum Gasteiger partial charge on any atom is -0.368 e. The van der Waals surface area contributed by atoms with Crippen LogP contribution in [0.1, 0.15) is 5.56 Å². The van der Waals surface area contributed by atoms with Crippen LogP contribution in [0.4, 0.5) is 35.1 Å². The molecule has 0 saturated carbocycles. The van der Waals surface area contributed by atoms with E-state index in [4.69, 9.17) is 5.73 Å². The van der Waals surface area contributed by atoms with E-state index in [9.17, 15) is 17.6 Å². The second-order valence-corrected chi connectivity index (χ2v) is 3.36. The van der Waals surface area contributed by atoms with Crippen LogP contribution in [-0.4, -0.2) is 15.2 Å². The molecule has 1 heterocycles. The summed E-state index contributed by atoms with van der Waals surface area (Å²) in [6, 6.07) is 1.98. The first kappa shape index (κ1) is 12.1. The molecule has 1 aromatic heterocycles. The molecule has 0 saturated heterocycles. The highest BCUT2D eigenvalue weighted by atomic mass is 19.4. The van der Waals surface area contributed by atoms with Gasteiger partial charge in [0.1, 0.15) is 5.82 Å². The van der Waals surface area contributed by atoms with Gasteiger partial charge in [-0.1, -0.05) is 0 Å². The lowest BCUT2D eigenvalue weighted by Gasteiger charge is -2.09. The lowest BCUT2D eigenvalue weighted by molar-refractivity contribution is -0.137. The van der Waals surface area contributed by atoms with Crippen molar-refractivity contribution in [3.8, 4) is 0 Å². The fourth-order valence-corrected chi connectivity index (χ4v) is 1.25. The number of hydrogen-bond acceptors (Lipinski definition) is 4. The van der Waals surface area contributed by atoms with Crippen LogP contribution < -0.4 is 11.1 Å². The Labute approximate surface area is 98.0 Å². The smallest absolute Gasteiger partial charge is 0.368 e. The number of nitrogens with zero attached hydrogens (tertiary/aromatic N) is 2. The van der Waals surface area contributed by atoms with Crippen LogP contribution in [0.15, 0.2) is 18.2 Å². The van der Waals surface area contributed by atoms with Gasteiger partial charge >= 0.3 is 6.18 Å². The summed E-state index contributed by atoms with van der Waals surface area (Å²) in [5, 5.41) is 8.08. The van der Waals surface area contributed by atoms with Crippen molar-refractivity contribution >= 4 is 17.6 Å². The topological polar surface area (TPSA) is 79.6 Å². The molecule has 0 atom stereocenters. The van der Waals surface area contributed by atoms with Crippen LogP contribution >= 0.6 is 0 Å². The SMILES string of the molecule is Nc1nc(Nc2cc(C(F)(F)F)ccc2F)n[nH]1. The molecule has 0 fully saturated rings. The predicted molar refractivity (Wildman–Crippen MR) is 55.5 cm³/mol. The van der Waals surface area contributed by atoms with Gasteiger partial charge in [0.25, 0.3) is 0 Å². The van der Waals surface area contributed by atoms with Gasteiger partial charge in [-0.15, -0.1) is 5.10 Å². The van der Waals surface area contributed by atoms with Crippen molar-refractivity contribution < 1.29 is 17.6 Å². The minimum atomic E-state index is -4.55. The molecule has 0 bridgehead atoms. The Morgan fingerprint density at radius 1 is 1.28 bits per heavy atom. The normalized spacial score (nSPS) is 11.6. The first-order valence-electron chi connectivity index (χ1n) is 4.68. The van der Waals surface area contributed by atoms with E-state index in [0.29, 0.717) is 18.2 Å². The molecule has 2 rings (SSSR count). The summed E-state index contributed by atoms with van der Waals surface area (Å²) in [7, 11) is 0. The number of nitrogen functional groups attached to an aromatic ring is 1. The lowest BCUT2D eigenvalue weighted by Crippen LogP contribution is -2.06. The number of benzene rings is 1. The number of aromatic amines is 1. The Balaban J connectivity index is 2.32. The van der Waals surface area contributed by atoms with Crippen LogP contribution in [0.25, 0.3) is 0 Å². The zero-order valence-corrected chi connectivity index (χ0v) is 8.72. The van der Waals surface area contributed by atoms with Gasteiger partial charge in [-0.25, -0.2) is 9.49 Å². The van der Waals surface area contributed by atoms with Crippen molar-refractivity contribution in [2.24, 2.45) is 0 Å². The van der Waals surface area contributed by atoms with Crippen LogP contribution in [0, 0.1) is 5.82 Å². The maximum atomic E-state index is 13.3. The Bertz CT molecular complexity index is 562. The van der Waals surface area contributed by atoms with Crippen molar-refractivity contribution in [1.29, 1.82) is 0 Å². The highest BCUT2D eigenvalue weighted by molar-refractivity contribution is 5.56. The van der Waals surface area contributed by atoms with E-state index in [0.717, 1.165) is 0 Å². The maximum absolute atomic E-state index is 13.3. The van der Waals surface area contributed by atoms with Crippen molar-refractivity contribution in [3.63, 3.8) is 0 Å². The summed E-state index contributed by atoms with van der Waals surface area (Å²) in [6.07, 6.45) is -4.55. The Hall–Kier alpha value is -2.32. The van der Waals surface area contributed by atoms with E-state index in [-0.39, 0.29) is 17.6 Å². The number of H-pyrrole nitrogens is 1. The van der Waals surface area contributed by atoms with E-state index < -0.39 is 17.6 Å². The first-order valence-corrected chi connectivity index (χ1v) is 4.68. The average molecular weight is 261 g/mol. The van der Waals surface area contributed by atoms with Crippen molar-refractivity contribution in [2.45, 2.75) is 6.18 Å². The van der Waals surface area contributed by atoms with E-state index in [1.165, 1.54) is 0 Å². The molecule has 4 N–H and O–H groups in total. The van der Waals surface area contributed by atoms with Gasteiger partial charge in [-0.05, 0) is 18.2 Å². The fraction of sp³-hybridized carbons (Fsp3) is 0.111. The Morgan fingerprint density at radius 3 is 2.56 bits per heavy atom. The highest BCUT2D eigenvalue weighted by Gasteiger charge is 2.31. The number of aromatic nitrogens is 3. The van der Waals surface area contributed by atoms with Gasteiger partial charge in [0, 0.05) is 0 Å². The third kappa shape index (κ3) is 2.50. The van der Waals surface area contributed by atoms with Gasteiger partial charge in [-0.2, -0.15) is 18.2 Å². The molecule has 0 amide bonds. The first-order chi connectivity index (χ1) is 8.36. The number of anilines is 3. The predicted octanol–water partition coefficient (Wildman–Crippen LogP) is 2.29. The number of alkyl halides is 3. The van der Waals surface area contributed by atoms with Crippen molar-refractivity contribution in [2.75, 3.05) is 11.1 Å². The van der Waals surface area contributed by atoms with Gasteiger partial charge < -0.3 is 11.1 Å². The molecule has 0 aliphatic heterocycles. The molecule has 0 aliphatic rings. The summed E-state index contributed by atoms with van der Waals surface area (Å²) >= 11 is 0. The largest absolute Gasteiger partial charge is 0.416 e. The van der Waals surface area contributed by atoms with E-state index >= 15 is 0 Å². The standard InChI is InChI=1S/C9H7F4N5/c10-5-2-1-4(9(11,12)13)3-6(5)15-8-16-7(14)17-18-8/h1-3H,(H4,14,15,16,17,18). The highest BCUT2D eigenvalue weighted by Crippen LogP contribution is 2.32. The number of hydrogen-bond donors (Lipinski definition) is 3. The van der Waals surface area contributed by atoms with Gasteiger partial charge in [0.15, 0.2) is 0 Å². The quantitative estimate of drug-likeness (QED) is 0.724. The van der Waals surface area contributed by atoms with E-state index in [1.54, 1.807) is 0 Å². The molecule has 0 radical (unpaired) electrons. The van der Waals surface area contributed by atoms with E-state index in [1.807, 2.05) is 0 Å². The van der Waals surface area contributed by atoms with Gasteiger partial charge in [0.05, 0.1) is 11.3 Å². The monoisotopic (exact) mass is 261 g/mol. The number of nitrogens with one attached hydrogen (secondary N) is 2. The average Bonchev–Trinajstić information content (AvgIpc) is 2.66. The van der Waals surface area contributed by atoms with Crippen molar-refractivity contribution in [1.82, 2.24) is 15.2 Å². The molecular weight excluding hydrogens is 254 g/mol. The molecule has 2 aromatic rings. The summed E-state index contributed by atoms with van der Waals surface area (Å²) < 4.78 is 50.6. The zero-order valence-electron chi connectivity index (χ0n) is 8.72. The van der Waals surface area contributed by atoms with E-state index in [2.05, 4.69) is 20.5 Å². The molecular formula is C9H7F4N5. The summed E-state index contributed by atoms with van der Waals surface area (Å²) in [6.45, 7) is 0. The van der Waals surface area contributed by atoms with Crippen LogP contribution in [0.5, 0.6) is 0 Å². The van der Waals surface area contributed by atoms with Crippen LogP contribution in [-0.2, 0) is 6.18 Å². The molecule has 0 aliphatic carbocycles. The lowest BCUT2D eigenvalue weighted by atomic mass is 10.2. The van der Waals surface area contributed by atoms with Crippen LogP contribution in [0.3, 0.4) is 0 Å². The summed E-state index contributed by atoms with van der Waals surface area (Å²) in [5.41, 5.74) is 3.86. The van der Waals surface area contributed by atoms with Crippen LogP contribution in [0.2, 0.25) is 0 Å². The molecule has 18 heavy (non-hydrogen) atoms. The third-order valence-corrected chi connectivity index (χ3v) is 2.04. The Kier molecular flexibility index (Phi) is 2.81. The molecule has 9 heteroatoms. The molecule has 1 aromatic carbocycles. The zero-order chi connectivity index (χ0) is 13.3. The fourth-order valence-electron chi connectivity index (χ4n) is 1.25. The molecule has 5 nitrogen and oxygen atoms in total. The Morgan fingerprint density at radius 2 is 2.00 bits per heavy atom. The van der Waals surface area contributed by atoms with Crippen molar-refractivity contribution in [3.05, 3.63) is 29.6 Å². The summed E-state index contributed by atoms with van der Waals surface area (Å²) in [4.78, 5) is 3.59. The number of rotatable bonds is 2. The second-order valence-electron chi connectivity index (χ2n) is 3.36. The summed E-state index contributed by atoms with van der Waals surface area (Å²) in [5.74, 6) is -1.01. The van der Waals surface area contributed by atoms with Gasteiger partial charge in [-0.3, -0.25) is 0 Å². The molecule has 0 unspecified atom stereocenters. The third-order valence-electron chi connectivity index (χ3n) is 2.04. The molecule has 0 spiro atoms. The second kappa shape index (κ2) is 4.17. The number of nitrogens with two attached hydrogens (primary N) is 1. The van der Waals surface area contributed by atoms with Gasteiger partial charge in [0.2, 0.25) is 11.9 Å². The maximum Gasteiger partial charge on any atom is 0.416 e. The molecule has 96 valence electrons. The number of halogens is 4. The minimum absolute atomic E-state index is 0.0371.